The molecule has 37 heavy (non-hydrogen) atoms. The molecule has 2 unspecified atom stereocenters. The van der Waals surface area contributed by atoms with Crippen molar-refractivity contribution < 1.29 is 35.9 Å². The lowest BCUT2D eigenvalue weighted by Gasteiger charge is -2.58. The summed E-state index contributed by atoms with van der Waals surface area (Å²) in [5.74, 6) is -0.359. The van der Waals surface area contributed by atoms with Crippen molar-refractivity contribution in [3.8, 4) is 0 Å². The third-order valence-corrected chi connectivity index (χ3v) is 11.2. The second-order valence-electron chi connectivity index (χ2n) is 11.5. The molecule has 0 spiro atoms. The zero-order valence-corrected chi connectivity index (χ0v) is 21.3. The molecule has 0 aromatic heterocycles. The normalized spacial score (nSPS) is 37.5. The van der Waals surface area contributed by atoms with Crippen LogP contribution < -0.4 is 5.32 Å². The minimum atomic E-state index is -4.91. The van der Waals surface area contributed by atoms with Crippen molar-refractivity contribution in [1.29, 1.82) is 0 Å². The first kappa shape index (κ1) is 26.6. The second-order valence-corrected chi connectivity index (χ2v) is 12.7. The first-order valence-corrected chi connectivity index (χ1v) is 13.5. The van der Waals surface area contributed by atoms with Gasteiger partial charge in [0.25, 0.3) is 0 Å². The standard InChI is InChI=1S/C27H29F6NO2S/c1-24-11-9-17-15(4-8-21-25(17,2)12-10-22(35)37-21)16(24)6-7-19(24)23(36)34-20-13-14(26(28,29)30)3-5-18(20)27(31,32)33/h3,5,10,12-13,15-17,19,21H,4,6-9,11H2,1-2H3,(H,34,36)/t15-,16-,17+,19?,21?,24-,25+/m0/s1. The first-order chi connectivity index (χ1) is 17.1. The fraction of sp³-hybridized carbons (Fsp3) is 0.630. The van der Waals surface area contributed by atoms with E-state index in [1.165, 1.54) is 11.8 Å². The number of hydrogen-bond acceptors (Lipinski definition) is 3. The highest BCUT2D eigenvalue weighted by Crippen LogP contribution is 2.66. The Kier molecular flexibility index (Phi) is 6.32. The average molecular weight is 546 g/mol. The number of carbonyl (C=O) groups is 2. The smallest absolute Gasteiger partial charge is 0.325 e. The number of rotatable bonds is 2. The maximum Gasteiger partial charge on any atom is 0.418 e. The number of fused-ring (bicyclic) bond motifs is 5. The van der Waals surface area contributed by atoms with Crippen LogP contribution in [0.1, 0.15) is 63.5 Å². The van der Waals surface area contributed by atoms with Crippen LogP contribution in [0.25, 0.3) is 0 Å². The third kappa shape index (κ3) is 4.40. The maximum absolute atomic E-state index is 13.6. The van der Waals surface area contributed by atoms with Gasteiger partial charge < -0.3 is 5.32 Å². The van der Waals surface area contributed by atoms with Crippen molar-refractivity contribution in [3.63, 3.8) is 0 Å². The third-order valence-electron chi connectivity index (χ3n) is 9.76. The van der Waals surface area contributed by atoms with Crippen LogP contribution in [0.4, 0.5) is 32.0 Å². The molecule has 1 aromatic rings. The van der Waals surface area contributed by atoms with Gasteiger partial charge in [0.1, 0.15) is 0 Å². The molecule has 3 fully saturated rings. The molecule has 0 radical (unpaired) electrons. The summed E-state index contributed by atoms with van der Waals surface area (Å²) in [5, 5.41) is 2.54. The summed E-state index contributed by atoms with van der Waals surface area (Å²) in [6.07, 6.45) is -1.42. The molecular formula is C27H29F6NO2S. The van der Waals surface area contributed by atoms with E-state index in [1.807, 2.05) is 6.92 Å². The van der Waals surface area contributed by atoms with Gasteiger partial charge >= 0.3 is 12.4 Å². The fourth-order valence-electron chi connectivity index (χ4n) is 7.92. The molecule has 5 rings (SSSR count). The van der Waals surface area contributed by atoms with Crippen molar-refractivity contribution in [2.45, 2.75) is 70.0 Å². The van der Waals surface area contributed by atoms with E-state index < -0.39 is 46.4 Å². The van der Waals surface area contributed by atoms with Crippen molar-refractivity contribution >= 4 is 28.5 Å². The first-order valence-electron chi connectivity index (χ1n) is 12.6. The van der Waals surface area contributed by atoms with E-state index in [0.29, 0.717) is 42.9 Å². The van der Waals surface area contributed by atoms with Gasteiger partial charge in [-0.1, -0.05) is 31.7 Å². The number of benzene rings is 1. The molecule has 0 saturated heterocycles. The molecule has 1 N–H and O–H groups in total. The number of nitrogens with one attached hydrogen (secondary N) is 1. The van der Waals surface area contributed by atoms with Crippen LogP contribution in [0.15, 0.2) is 30.4 Å². The summed E-state index contributed by atoms with van der Waals surface area (Å²) in [7, 11) is 0. The van der Waals surface area contributed by atoms with E-state index in [1.54, 1.807) is 6.08 Å². The van der Waals surface area contributed by atoms with Gasteiger partial charge in [-0.2, -0.15) is 26.3 Å². The van der Waals surface area contributed by atoms with Gasteiger partial charge in [-0.05, 0) is 86.0 Å². The summed E-state index contributed by atoms with van der Waals surface area (Å²) in [5.41, 5.74) is -3.96. The van der Waals surface area contributed by atoms with E-state index in [2.05, 4.69) is 18.3 Å². The van der Waals surface area contributed by atoms with Crippen LogP contribution in [0, 0.1) is 34.5 Å². The molecule has 10 heteroatoms. The van der Waals surface area contributed by atoms with E-state index >= 15 is 0 Å². The highest BCUT2D eigenvalue weighted by atomic mass is 32.2. The zero-order valence-electron chi connectivity index (χ0n) is 20.5. The summed E-state index contributed by atoms with van der Waals surface area (Å²) in [4.78, 5) is 25.4. The van der Waals surface area contributed by atoms with Crippen molar-refractivity contribution in [2.75, 3.05) is 5.32 Å². The second kappa shape index (κ2) is 8.78. The zero-order chi connectivity index (χ0) is 27.0. The molecule has 202 valence electrons. The monoisotopic (exact) mass is 545 g/mol. The summed E-state index contributed by atoms with van der Waals surface area (Å²) < 4.78 is 80.4. The van der Waals surface area contributed by atoms with Crippen LogP contribution in [0.5, 0.6) is 0 Å². The summed E-state index contributed by atoms with van der Waals surface area (Å²) in [6.45, 7) is 4.23. The number of hydrogen-bond donors (Lipinski definition) is 1. The molecule has 4 aliphatic rings. The predicted molar refractivity (Wildman–Crippen MR) is 128 cm³/mol. The van der Waals surface area contributed by atoms with E-state index in [9.17, 15) is 35.9 Å². The predicted octanol–water partition coefficient (Wildman–Crippen LogP) is 7.72. The fourth-order valence-corrected chi connectivity index (χ4v) is 9.11. The Morgan fingerprint density at radius 1 is 0.973 bits per heavy atom. The number of amides is 1. The largest absolute Gasteiger partial charge is 0.418 e. The molecule has 3 aliphatic carbocycles. The Hall–Kier alpha value is -1.97. The average Bonchev–Trinajstić information content (AvgIpc) is 3.15. The molecule has 7 atom stereocenters. The highest BCUT2D eigenvalue weighted by Gasteiger charge is 2.61. The lowest BCUT2D eigenvalue weighted by molar-refractivity contribution is -0.141. The molecule has 1 aliphatic heterocycles. The van der Waals surface area contributed by atoms with Gasteiger partial charge in [0.15, 0.2) is 0 Å². The Labute approximate surface area is 215 Å². The van der Waals surface area contributed by atoms with Crippen LogP contribution in [0.2, 0.25) is 0 Å². The number of thioether (sulfide) groups is 1. The van der Waals surface area contributed by atoms with Crippen molar-refractivity contribution in [2.24, 2.45) is 34.5 Å². The van der Waals surface area contributed by atoms with Gasteiger partial charge in [-0.25, -0.2) is 0 Å². The minimum Gasteiger partial charge on any atom is -0.325 e. The topological polar surface area (TPSA) is 46.2 Å². The van der Waals surface area contributed by atoms with Gasteiger partial charge in [0.2, 0.25) is 11.0 Å². The molecule has 1 aromatic carbocycles. The lowest BCUT2D eigenvalue weighted by Crippen LogP contribution is -2.53. The number of halogens is 6. The number of carbonyl (C=O) groups excluding carboxylic acids is 2. The quantitative estimate of drug-likeness (QED) is 0.387. The molecule has 1 amide bonds. The van der Waals surface area contributed by atoms with Crippen LogP contribution >= 0.6 is 11.8 Å². The molecular weight excluding hydrogens is 516 g/mol. The molecule has 1 heterocycles. The Morgan fingerprint density at radius 2 is 1.70 bits per heavy atom. The SMILES string of the molecule is C[C@]12C=CC(=O)SC1CC[C@@H]1[C@H]2CC[C@]2(C)C(C(=O)Nc3cc(C(F)(F)F)ccc3C(F)(F)F)CC[C@@H]12. The van der Waals surface area contributed by atoms with Gasteiger partial charge in [0.05, 0.1) is 16.8 Å². The Morgan fingerprint density at radius 3 is 2.38 bits per heavy atom. The highest BCUT2D eigenvalue weighted by molar-refractivity contribution is 8.14. The summed E-state index contributed by atoms with van der Waals surface area (Å²) in [6, 6.07) is 1.14. The minimum absolute atomic E-state index is 0.0759. The molecule has 3 nitrogen and oxygen atoms in total. The van der Waals surface area contributed by atoms with Crippen molar-refractivity contribution in [3.05, 3.63) is 41.5 Å². The summed E-state index contributed by atoms with van der Waals surface area (Å²) >= 11 is 1.40. The molecule has 0 bridgehead atoms. The van der Waals surface area contributed by atoms with Crippen molar-refractivity contribution in [1.82, 2.24) is 0 Å². The number of allylic oxidation sites excluding steroid dienone is 1. The number of alkyl halides is 6. The van der Waals surface area contributed by atoms with E-state index in [4.69, 9.17) is 0 Å². The van der Waals surface area contributed by atoms with Gasteiger partial charge in [-0.15, -0.1) is 0 Å². The van der Waals surface area contributed by atoms with Gasteiger partial charge in [-0.3, -0.25) is 9.59 Å². The molecule has 3 saturated carbocycles. The Bertz CT molecular complexity index is 1150. The van der Waals surface area contributed by atoms with Gasteiger partial charge in [0, 0.05) is 16.6 Å². The maximum atomic E-state index is 13.6. The van der Waals surface area contributed by atoms with E-state index in [-0.39, 0.29) is 21.7 Å². The number of anilines is 1. The van der Waals surface area contributed by atoms with E-state index in [0.717, 1.165) is 25.7 Å². The van der Waals surface area contributed by atoms with Crippen LogP contribution in [-0.4, -0.2) is 16.3 Å². The Balaban J connectivity index is 1.40. The van der Waals surface area contributed by atoms with Crippen LogP contribution in [-0.2, 0) is 21.9 Å². The lowest BCUT2D eigenvalue weighted by atomic mass is 9.49. The van der Waals surface area contributed by atoms with Crippen LogP contribution in [0.3, 0.4) is 0 Å².